The van der Waals surface area contributed by atoms with E-state index < -0.39 is 0 Å². The molecule has 116 valence electrons. The minimum atomic E-state index is 0.123. The molecule has 0 unspecified atom stereocenters. The highest BCUT2D eigenvalue weighted by atomic mass is 16.5. The Labute approximate surface area is 127 Å². The fraction of sp³-hybridized carbons (Fsp3) is 0.588. The zero-order chi connectivity index (χ0) is 15.1. The molecule has 1 aliphatic heterocycles. The van der Waals surface area contributed by atoms with Gasteiger partial charge in [0.05, 0.1) is 13.2 Å². The summed E-state index contributed by atoms with van der Waals surface area (Å²) in [5.74, 6) is 0.920. The zero-order valence-electron chi connectivity index (χ0n) is 13.1. The van der Waals surface area contributed by atoms with Crippen molar-refractivity contribution in [2.24, 2.45) is 0 Å². The third kappa shape index (κ3) is 4.21. The van der Waals surface area contributed by atoms with Crippen LogP contribution >= 0.6 is 0 Å². The summed E-state index contributed by atoms with van der Waals surface area (Å²) in [4.78, 5) is 14.6. The maximum absolute atomic E-state index is 12.6. The van der Waals surface area contributed by atoms with Gasteiger partial charge in [-0.25, -0.2) is 0 Å². The van der Waals surface area contributed by atoms with Crippen LogP contribution in [0.1, 0.15) is 48.5 Å². The molecule has 0 N–H and O–H groups in total. The number of methoxy groups -OCH3 is 1. The van der Waals surface area contributed by atoms with Crippen LogP contribution in [-0.2, 0) is 11.3 Å². The number of benzene rings is 1. The van der Waals surface area contributed by atoms with Crippen LogP contribution in [0, 0.1) is 0 Å². The summed E-state index contributed by atoms with van der Waals surface area (Å²) in [6.45, 7) is 4.75. The van der Waals surface area contributed by atoms with Crippen LogP contribution in [0.15, 0.2) is 18.2 Å². The number of amides is 1. The van der Waals surface area contributed by atoms with Crippen molar-refractivity contribution >= 4 is 5.91 Å². The summed E-state index contributed by atoms with van der Waals surface area (Å²) < 4.78 is 10.8. The molecule has 0 atom stereocenters. The van der Waals surface area contributed by atoms with E-state index in [0.29, 0.717) is 13.2 Å². The normalized spacial score (nSPS) is 15.6. The smallest absolute Gasteiger partial charge is 0.253 e. The molecule has 0 aliphatic carbocycles. The Morgan fingerprint density at radius 3 is 2.52 bits per heavy atom. The molecule has 1 aromatic rings. The first-order valence-corrected chi connectivity index (χ1v) is 7.80. The third-order valence-corrected chi connectivity index (χ3v) is 3.80. The van der Waals surface area contributed by atoms with Gasteiger partial charge in [0.25, 0.3) is 5.91 Å². The molecule has 1 heterocycles. The van der Waals surface area contributed by atoms with Crippen molar-refractivity contribution in [1.29, 1.82) is 0 Å². The lowest BCUT2D eigenvalue weighted by Gasteiger charge is -2.21. The lowest BCUT2D eigenvalue weighted by atomic mass is 10.1. The Morgan fingerprint density at radius 2 is 1.90 bits per heavy atom. The number of ether oxygens (including phenoxy) is 2. The standard InChI is InChI=1S/C17H25NO3/c1-3-21-16-9-8-14(12-15(16)13-20-2)17(19)18-10-6-4-5-7-11-18/h8-9,12H,3-7,10-11,13H2,1-2H3. The van der Waals surface area contributed by atoms with Crippen LogP contribution in [0.2, 0.25) is 0 Å². The maximum atomic E-state index is 12.6. The SMILES string of the molecule is CCOc1ccc(C(=O)N2CCCCCC2)cc1COC. The Hall–Kier alpha value is -1.55. The van der Waals surface area contributed by atoms with E-state index in [4.69, 9.17) is 9.47 Å². The molecule has 1 saturated heterocycles. The third-order valence-electron chi connectivity index (χ3n) is 3.80. The fourth-order valence-electron chi connectivity index (χ4n) is 2.73. The Kier molecular flexibility index (Phi) is 6.05. The maximum Gasteiger partial charge on any atom is 0.253 e. The summed E-state index contributed by atoms with van der Waals surface area (Å²) in [6, 6.07) is 5.64. The van der Waals surface area contributed by atoms with E-state index >= 15 is 0 Å². The van der Waals surface area contributed by atoms with Crippen LogP contribution in [0.4, 0.5) is 0 Å². The van der Waals surface area contributed by atoms with Crippen LogP contribution in [0.5, 0.6) is 5.75 Å². The van der Waals surface area contributed by atoms with Gasteiger partial charge in [0.2, 0.25) is 0 Å². The highest BCUT2D eigenvalue weighted by molar-refractivity contribution is 5.94. The number of carbonyl (C=O) groups is 1. The van der Waals surface area contributed by atoms with Crippen molar-refractivity contribution in [3.05, 3.63) is 29.3 Å². The van der Waals surface area contributed by atoms with Crippen molar-refractivity contribution in [2.75, 3.05) is 26.8 Å². The van der Waals surface area contributed by atoms with E-state index in [1.165, 1.54) is 12.8 Å². The fourth-order valence-corrected chi connectivity index (χ4v) is 2.73. The van der Waals surface area contributed by atoms with Gasteiger partial charge in [-0.15, -0.1) is 0 Å². The Morgan fingerprint density at radius 1 is 1.19 bits per heavy atom. The van der Waals surface area contributed by atoms with E-state index in [1.807, 2.05) is 30.0 Å². The van der Waals surface area contributed by atoms with E-state index in [0.717, 1.165) is 42.8 Å². The molecule has 0 aromatic heterocycles. The second kappa shape index (κ2) is 8.03. The molecule has 1 fully saturated rings. The van der Waals surface area contributed by atoms with Gasteiger partial charge in [-0.2, -0.15) is 0 Å². The first-order valence-electron chi connectivity index (χ1n) is 7.80. The van der Waals surface area contributed by atoms with Crippen molar-refractivity contribution in [1.82, 2.24) is 4.90 Å². The van der Waals surface area contributed by atoms with Gasteiger partial charge < -0.3 is 14.4 Å². The van der Waals surface area contributed by atoms with Gasteiger partial charge >= 0.3 is 0 Å². The number of hydrogen-bond acceptors (Lipinski definition) is 3. The van der Waals surface area contributed by atoms with Gasteiger partial charge in [-0.1, -0.05) is 12.8 Å². The summed E-state index contributed by atoms with van der Waals surface area (Å²) >= 11 is 0. The number of likely N-dealkylation sites (tertiary alicyclic amines) is 1. The Balaban J connectivity index is 2.17. The molecular formula is C17H25NO3. The molecule has 1 aromatic carbocycles. The first kappa shape index (κ1) is 15.8. The highest BCUT2D eigenvalue weighted by Gasteiger charge is 2.18. The van der Waals surface area contributed by atoms with E-state index in [9.17, 15) is 4.79 Å². The van der Waals surface area contributed by atoms with Gasteiger partial charge in [0.1, 0.15) is 5.75 Å². The zero-order valence-corrected chi connectivity index (χ0v) is 13.1. The molecule has 1 aliphatic rings. The van der Waals surface area contributed by atoms with Gasteiger partial charge in [-0.3, -0.25) is 4.79 Å². The predicted octanol–water partition coefficient (Wildman–Crippen LogP) is 3.25. The van der Waals surface area contributed by atoms with E-state index in [-0.39, 0.29) is 5.91 Å². The molecule has 0 radical (unpaired) electrons. The molecule has 4 heteroatoms. The number of rotatable bonds is 5. The number of carbonyl (C=O) groups excluding carboxylic acids is 1. The first-order chi connectivity index (χ1) is 10.3. The van der Waals surface area contributed by atoms with Crippen molar-refractivity contribution < 1.29 is 14.3 Å². The van der Waals surface area contributed by atoms with Crippen molar-refractivity contribution in [3.63, 3.8) is 0 Å². The van der Waals surface area contributed by atoms with Crippen molar-refractivity contribution in [2.45, 2.75) is 39.2 Å². The van der Waals surface area contributed by atoms with Crippen molar-refractivity contribution in [3.8, 4) is 5.75 Å². The summed E-state index contributed by atoms with van der Waals surface area (Å²) in [5, 5.41) is 0. The van der Waals surface area contributed by atoms with Gasteiger partial charge in [0, 0.05) is 31.3 Å². The van der Waals surface area contributed by atoms with E-state index in [1.54, 1.807) is 7.11 Å². The largest absolute Gasteiger partial charge is 0.494 e. The second-order valence-electron chi connectivity index (χ2n) is 5.39. The van der Waals surface area contributed by atoms with Gasteiger partial charge in [0.15, 0.2) is 0 Å². The van der Waals surface area contributed by atoms with Crippen LogP contribution in [0.3, 0.4) is 0 Å². The molecule has 4 nitrogen and oxygen atoms in total. The Bertz CT molecular complexity index is 465. The number of nitrogens with zero attached hydrogens (tertiary/aromatic N) is 1. The molecule has 0 saturated carbocycles. The molecule has 2 rings (SSSR count). The molecule has 0 spiro atoms. The average Bonchev–Trinajstić information content (AvgIpc) is 2.78. The average molecular weight is 291 g/mol. The summed E-state index contributed by atoms with van der Waals surface area (Å²) in [6.07, 6.45) is 4.66. The van der Waals surface area contributed by atoms with Crippen LogP contribution in [-0.4, -0.2) is 37.6 Å². The minimum Gasteiger partial charge on any atom is -0.494 e. The lowest BCUT2D eigenvalue weighted by Crippen LogP contribution is -2.31. The predicted molar refractivity (Wildman–Crippen MR) is 82.7 cm³/mol. The summed E-state index contributed by atoms with van der Waals surface area (Å²) in [7, 11) is 1.65. The lowest BCUT2D eigenvalue weighted by molar-refractivity contribution is 0.0761. The topological polar surface area (TPSA) is 38.8 Å². The second-order valence-corrected chi connectivity index (χ2v) is 5.39. The quantitative estimate of drug-likeness (QED) is 0.836. The summed E-state index contributed by atoms with van der Waals surface area (Å²) in [5.41, 5.74) is 1.66. The molecule has 21 heavy (non-hydrogen) atoms. The number of hydrogen-bond donors (Lipinski definition) is 0. The minimum absolute atomic E-state index is 0.123. The monoisotopic (exact) mass is 291 g/mol. The molecule has 0 bridgehead atoms. The van der Waals surface area contributed by atoms with Crippen LogP contribution < -0.4 is 4.74 Å². The highest BCUT2D eigenvalue weighted by Crippen LogP contribution is 2.23. The molecular weight excluding hydrogens is 266 g/mol. The van der Waals surface area contributed by atoms with E-state index in [2.05, 4.69) is 0 Å². The molecule has 1 amide bonds. The van der Waals surface area contributed by atoms with Gasteiger partial charge in [-0.05, 0) is 38.0 Å². The van der Waals surface area contributed by atoms with Crippen LogP contribution in [0.25, 0.3) is 0 Å².